The fourth-order valence-corrected chi connectivity index (χ4v) is 1.83. The van der Waals surface area contributed by atoms with Crippen molar-refractivity contribution in [1.29, 1.82) is 0 Å². The summed E-state index contributed by atoms with van der Waals surface area (Å²) in [5.74, 6) is 0.488. The van der Waals surface area contributed by atoms with Gasteiger partial charge >= 0.3 is 5.91 Å². The highest BCUT2D eigenvalue weighted by molar-refractivity contribution is 9.10. The van der Waals surface area contributed by atoms with Gasteiger partial charge < -0.3 is 9.15 Å². The first-order valence-corrected chi connectivity index (χ1v) is 6.80. The molecular formula is C14H13BrN2O3. The molecule has 1 heterocycles. The normalized spacial score (nSPS) is 10.7. The second kappa shape index (κ2) is 6.91. The molecule has 6 heteroatoms. The Morgan fingerprint density at radius 3 is 2.90 bits per heavy atom. The lowest BCUT2D eigenvalue weighted by Crippen LogP contribution is -2.16. The van der Waals surface area contributed by atoms with Gasteiger partial charge in [-0.1, -0.05) is 12.1 Å². The van der Waals surface area contributed by atoms with Crippen molar-refractivity contribution in [1.82, 2.24) is 5.43 Å². The van der Waals surface area contributed by atoms with E-state index in [9.17, 15) is 4.79 Å². The van der Waals surface area contributed by atoms with Crippen molar-refractivity contribution in [3.63, 3.8) is 0 Å². The van der Waals surface area contributed by atoms with Gasteiger partial charge in [-0.2, -0.15) is 5.10 Å². The van der Waals surface area contributed by atoms with Gasteiger partial charge in [-0.05, 0) is 47.1 Å². The highest BCUT2D eigenvalue weighted by Gasteiger charge is 2.08. The van der Waals surface area contributed by atoms with Crippen molar-refractivity contribution in [3.8, 4) is 5.75 Å². The first-order valence-electron chi connectivity index (χ1n) is 6.01. The van der Waals surface area contributed by atoms with E-state index in [-0.39, 0.29) is 5.76 Å². The molecule has 1 aromatic carbocycles. The zero-order valence-electron chi connectivity index (χ0n) is 10.8. The Hall–Kier alpha value is -2.08. The third kappa shape index (κ3) is 3.71. The second-order valence-corrected chi connectivity index (χ2v) is 4.56. The van der Waals surface area contributed by atoms with Crippen LogP contribution in [-0.2, 0) is 0 Å². The maximum atomic E-state index is 11.7. The number of hydrazone groups is 1. The van der Waals surface area contributed by atoms with Gasteiger partial charge in [-0.3, -0.25) is 4.79 Å². The van der Waals surface area contributed by atoms with Crippen LogP contribution in [-0.4, -0.2) is 18.7 Å². The van der Waals surface area contributed by atoms with Crippen LogP contribution in [0.25, 0.3) is 0 Å². The molecule has 0 aliphatic heterocycles. The Bertz CT molecular complexity index is 622. The van der Waals surface area contributed by atoms with Crippen LogP contribution in [0.5, 0.6) is 5.75 Å². The fraction of sp³-hybridized carbons (Fsp3) is 0.143. The molecular weight excluding hydrogens is 324 g/mol. The molecule has 0 saturated carbocycles. The van der Waals surface area contributed by atoms with E-state index in [0.29, 0.717) is 17.0 Å². The first-order chi connectivity index (χ1) is 9.70. The average Bonchev–Trinajstić information content (AvgIpc) is 2.88. The Morgan fingerprint density at radius 2 is 2.20 bits per heavy atom. The van der Waals surface area contributed by atoms with Crippen molar-refractivity contribution < 1.29 is 13.9 Å². The molecule has 0 aliphatic rings. The van der Waals surface area contributed by atoms with Crippen LogP contribution >= 0.6 is 15.9 Å². The number of ether oxygens (including phenoxy) is 1. The highest BCUT2D eigenvalue weighted by atomic mass is 79.9. The summed E-state index contributed by atoms with van der Waals surface area (Å²) in [6.45, 7) is 2.47. The predicted octanol–water partition coefficient (Wildman–Crippen LogP) is 3.20. The number of hydrogen-bond acceptors (Lipinski definition) is 4. The number of amides is 1. The fourth-order valence-electron chi connectivity index (χ4n) is 1.53. The molecule has 1 N–H and O–H groups in total. The Morgan fingerprint density at radius 1 is 1.40 bits per heavy atom. The van der Waals surface area contributed by atoms with E-state index < -0.39 is 5.91 Å². The molecule has 0 saturated heterocycles. The molecule has 1 aromatic heterocycles. The molecule has 2 aromatic rings. The molecule has 0 radical (unpaired) electrons. The zero-order chi connectivity index (χ0) is 14.4. The highest BCUT2D eigenvalue weighted by Crippen LogP contribution is 2.16. The SMILES string of the molecule is CCOc1ccccc1C=NNC(=O)c1ccc(Br)o1. The summed E-state index contributed by atoms with van der Waals surface area (Å²) in [7, 11) is 0. The van der Waals surface area contributed by atoms with E-state index in [0.717, 1.165) is 5.56 Å². The third-order valence-corrected chi connectivity index (χ3v) is 2.81. The summed E-state index contributed by atoms with van der Waals surface area (Å²) in [4.78, 5) is 11.7. The van der Waals surface area contributed by atoms with Crippen molar-refractivity contribution in [2.75, 3.05) is 6.61 Å². The maximum Gasteiger partial charge on any atom is 0.307 e. The smallest absolute Gasteiger partial charge is 0.307 e. The van der Waals surface area contributed by atoms with E-state index in [4.69, 9.17) is 9.15 Å². The molecule has 0 spiro atoms. The number of nitrogens with one attached hydrogen (secondary N) is 1. The standard InChI is InChI=1S/C14H13BrN2O3/c1-2-19-11-6-4-3-5-10(11)9-16-17-14(18)12-7-8-13(15)20-12/h3-9H,2H2,1H3,(H,17,18). The summed E-state index contributed by atoms with van der Waals surface area (Å²) in [6.07, 6.45) is 1.53. The van der Waals surface area contributed by atoms with E-state index in [2.05, 4.69) is 26.5 Å². The van der Waals surface area contributed by atoms with Gasteiger partial charge in [0, 0.05) is 5.56 Å². The quantitative estimate of drug-likeness (QED) is 0.673. The van der Waals surface area contributed by atoms with Gasteiger partial charge in [0.25, 0.3) is 0 Å². The third-order valence-electron chi connectivity index (χ3n) is 2.39. The second-order valence-electron chi connectivity index (χ2n) is 3.77. The summed E-state index contributed by atoms with van der Waals surface area (Å²) in [6, 6.07) is 10.6. The van der Waals surface area contributed by atoms with Crippen LogP contribution in [0.15, 0.2) is 50.6 Å². The van der Waals surface area contributed by atoms with E-state index >= 15 is 0 Å². The maximum absolute atomic E-state index is 11.7. The van der Waals surface area contributed by atoms with Crippen LogP contribution in [0.2, 0.25) is 0 Å². The lowest BCUT2D eigenvalue weighted by molar-refractivity contribution is 0.0926. The van der Waals surface area contributed by atoms with Crippen LogP contribution in [0.4, 0.5) is 0 Å². The molecule has 0 bridgehead atoms. The van der Waals surface area contributed by atoms with Gasteiger partial charge in [0.1, 0.15) is 5.75 Å². The number of halogens is 1. The number of hydrogen-bond donors (Lipinski definition) is 1. The summed E-state index contributed by atoms with van der Waals surface area (Å²) in [5, 5.41) is 3.89. The lowest BCUT2D eigenvalue weighted by atomic mass is 10.2. The van der Waals surface area contributed by atoms with Gasteiger partial charge in [-0.15, -0.1) is 0 Å². The summed E-state index contributed by atoms with van der Waals surface area (Å²) in [5.41, 5.74) is 3.18. The van der Waals surface area contributed by atoms with E-state index in [1.165, 1.54) is 6.21 Å². The van der Waals surface area contributed by atoms with Crippen molar-refractivity contribution >= 4 is 28.1 Å². The van der Waals surface area contributed by atoms with Gasteiger partial charge in [-0.25, -0.2) is 5.43 Å². The molecule has 104 valence electrons. The Labute approximate surface area is 124 Å². The average molecular weight is 337 g/mol. The van der Waals surface area contributed by atoms with Crippen molar-refractivity contribution in [2.24, 2.45) is 5.10 Å². The van der Waals surface area contributed by atoms with Crippen molar-refractivity contribution in [2.45, 2.75) is 6.92 Å². The van der Waals surface area contributed by atoms with Gasteiger partial charge in [0.05, 0.1) is 12.8 Å². The Kier molecular flexibility index (Phi) is 4.95. The predicted molar refractivity (Wildman–Crippen MR) is 79.1 cm³/mol. The summed E-state index contributed by atoms with van der Waals surface area (Å²) >= 11 is 3.13. The molecule has 1 amide bonds. The number of rotatable bonds is 5. The monoisotopic (exact) mass is 336 g/mol. The number of benzene rings is 1. The molecule has 0 atom stereocenters. The first kappa shape index (κ1) is 14.3. The van der Waals surface area contributed by atoms with Crippen LogP contribution in [0.1, 0.15) is 23.0 Å². The lowest BCUT2D eigenvalue weighted by Gasteiger charge is -2.05. The molecule has 0 fully saturated rings. The minimum atomic E-state index is -0.416. The van der Waals surface area contributed by atoms with Crippen LogP contribution < -0.4 is 10.2 Å². The minimum absolute atomic E-state index is 0.187. The molecule has 5 nitrogen and oxygen atoms in total. The van der Waals surface area contributed by atoms with Crippen LogP contribution in [0, 0.1) is 0 Å². The number of furan rings is 1. The molecule has 2 rings (SSSR count). The summed E-state index contributed by atoms with van der Waals surface area (Å²) < 4.78 is 11.1. The molecule has 20 heavy (non-hydrogen) atoms. The number of carbonyl (C=O) groups is 1. The zero-order valence-corrected chi connectivity index (χ0v) is 12.4. The number of carbonyl (C=O) groups excluding carboxylic acids is 1. The number of para-hydroxylation sites is 1. The largest absolute Gasteiger partial charge is 0.493 e. The molecule has 0 unspecified atom stereocenters. The van der Waals surface area contributed by atoms with E-state index in [1.54, 1.807) is 12.1 Å². The Balaban J connectivity index is 2.01. The van der Waals surface area contributed by atoms with Crippen molar-refractivity contribution in [3.05, 3.63) is 52.4 Å². The van der Waals surface area contributed by atoms with E-state index in [1.807, 2.05) is 31.2 Å². The van der Waals surface area contributed by atoms with Crippen LogP contribution in [0.3, 0.4) is 0 Å². The molecule has 0 aliphatic carbocycles. The van der Waals surface area contributed by atoms with Gasteiger partial charge in [0.2, 0.25) is 0 Å². The number of nitrogens with zero attached hydrogens (tertiary/aromatic N) is 1. The minimum Gasteiger partial charge on any atom is -0.493 e. The topological polar surface area (TPSA) is 63.8 Å². The van der Waals surface area contributed by atoms with Gasteiger partial charge in [0.15, 0.2) is 10.4 Å².